The lowest BCUT2D eigenvalue weighted by atomic mass is 10.0. The number of alkyl carbamates (subject to hydrolysis) is 1. The third-order valence-corrected chi connectivity index (χ3v) is 5.69. The second-order valence-electron chi connectivity index (χ2n) is 8.73. The van der Waals surface area contributed by atoms with Crippen molar-refractivity contribution in [2.24, 2.45) is 5.73 Å². The van der Waals surface area contributed by atoms with E-state index in [-0.39, 0.29) is 16.9 Å². The van der Waals surface area contributed by atoms with Crippen molar-refractivity contribution in [3.63, 3.8) is 0 Å². The molecule has 0 saturated heterocycles. The molecule has 0 bridgehead atoms. The average Bonchev–Trinajstić information content (AvgIpc) is 3.32. The van der Waals surface area contributed by atoms with E-state index in [4.69, 9.17) is 15.6 Å². The van der Waals surface area contributed by atoms with Gasteiger partial charge in [0.15, 0.2) is 0 Å². The number of amides is 4. The van der Waals surface area contributed by atoms with Crippen molar-refractivity contribution in [3.8, 4) is 10.4 Å². The van der Waals surface area contributed by atoms with E-state index in [1.807, 2.05) is 17.5 Å². The van der Waals surface area contributed by atoms with Crippen molar-refractivity contribution in [2.75, 3.05) is 10.6 Å². The number of hydrogen-bond donors (Lipinski definition) is 5. The van der Waals surface area contributed by atoms with Crippen molar-refractivity contribution in [2.45, 2.75) is 32.4 Å². The molecule has 11 heteroatoms. The summed E-state index contributed by atoms with van der Waals surface area (Å²) in [4.78, 5) is 49.1. The van der Waals surface area contributed by atoms with Crippen LogP contribution in [0.3, 0.4) is 0 Å². The predicted molar refractivity (Wildman–Crippen MR) is 137 cm³/mol. The SMILES string of the molecule is CC(C)(C)OC(=O)NC(C(N)=O)c1ccc(C(=O)Nc2cc(-c3cccs3)ccc2NC(=O)O)cc1. The number of benzene rings is 2. The fourth-order valence-electron chi connectivity index (χ4n) is 3.23. The maximum Gasteiger partial charge on any atom is 0.409 e. The monoisotopic (exact) mass is 510 g/mol. The molecule has 1 aromatic heterocycles. The quantitative estimate of drug-likeness (QED) is 0.307. The van der Waals surface area contributed by atoms with Crippen LogP contribution in [0.5, 0.6) is 0 Å². The van der Waals surface area contributed by atoms with Gasteiger partial charge in [-0.3, -0.25) is 14.9 Å². The van der Waals surface area contributed by atoms with Crippen molar-refractivity contribution >= 4 is 46.7 Å². The van der Waals surface area contributed by atoms with Gasteiger partial charge in [-0.05, 0) is 67.6 Å². The van der Waals surface area contributed by atoms with Gasteiger partial charge in [-0.1, -0.05) is 24.3 Å². The highest BCUT2D eigenvalue weighted by Crippen LogP contribution is 2.32. The van der Waals surface area contributed by atoms with Crippen molar-refractivity contribution in [1.82, 2.24) is 5.32 Å². The summed E-state index contributed by atoms with van der Waals surface area (Å²) in [5, 5.41) is 18.5. The molecular weight excluding hydrogens is 484 g/mol. The summed E-state index contributed by atoms with van der Waals surface area (Å²) < 4.78 is 5.17. The number of nitrogens with two attached hydrogens (primary N) is 1. The molecule has 1 unspecified atom stereocenters. The molecule has 0 saturated carbocycles. The minimum Gasteiger partial charge on any atom is -0.465 e. The maximum absolute atomic E-state index is 12.9. The number of nitrogens with one attached hydrogen (secondary N) is 3. The zero-order valence-electron chi connectivity index (χ0n) is 19.8. The minimum atomic E-state index is -1.27. The van der Waals surface area contributed by atoms with Gasteiger partial charge in [-0.2, -0.15) is 0 Å². The molecule has 3 rings (SSSR count). The Labute approximate surface area is 211 Å². The summed E-state index contributed by atoms with van der Waals surface area (Å²) in [7, 11) is 0. The predicted octanol–water partition coefficient (Wildman–Crippen LogP) is 4.81. The van der Waals surface area contributed by atoms with Gasteiger partial charge >= 0.3 is 12.2 Å². The Balaban J connectivity index is 1.80. The van der Waals surface area contributed by atoms with Crippen LogP contribution in [0.2, 0.25) is 0 Å². The molecular formula is C25H26N4O6S. The van der Waals surface area contributed by atoms with E-state index in [1.165, 1.54) is 35.6 Å². The standard InChI is InChI=1S/C25H26N4O6S/c1-25(2,3)35-24(34)29-20(21(26)30)14-6-8-15(9-7-14)22(31)27-18-13-16(19-5-4-12-36-19)10-11-17(18)28-23(32)33/h4-13,20,28H,1-3H3,(H2,26,30)(H,27,31)(H,29,34)(H,32,33). The molecule has 4 amide bonds. The Morgan fingerprint density at radius 1 is 0.972 bits per heavy atom. The largest absolute Gasteiger partial charge is 0.465 e. The topological polar surface area (TPSA) is 160 Å². The molecule has 0 aliphatic carbocycles. The Hall–Kier alpha value is -4.38. The molecule has 10 nitrogen and oxygen atoms in total. The summed E-state index contributed by atoms with van der Waals surface area (Å²) in [6.07, 6.45) is -2.08. The van der Waals surface area contributed by atoms with Gasteiger partial charge in [0.1, 0.15) is 11.6 Å². The van der Waals surface area contributed by atoms with Crippen LogP contribution >= 0.6 is 11.3 Å². The van der Waals surface area contributed by atoms with Crippen molar-refractivity contribution < 1.29 is 29.0 Å². The van der Waals surface area contributed by atoms with E-state index in [0.29, 0.717) is 5.56 Å². The van der Waals surface area contributed by atoms with E-state index in [0.717, 1.165) is 10.4 Å². The third-order valence-electron chi connectivity index (χ3n) is 4.77. The number of thiophene rings is 1. The van der Waals surface area contributed by atoms with Crippen molar-refractivity contribution in [1.29, 1.82) is 0 Å². The molecule has 0 fully saturated rings. The number of carboxylic acid groups (broad SMARTS) is 1. The number of rotatable bonds is 7. The number of primary amides is 1. The molecule has 3 aromatic rings. The Morgan fingerprint density at radius 3 is 2.22 bits per heavy atom. The molecule has 0 aliphatic heterocycles. The molecule has 188 valence electrons. The van der Waals surface area contributed by atoms with Crippen molar-refractivity contribution in [3.05, 3.63) is 71.1 Å². The van der Waals surface area contributed by atoms with Gasteiger partial charge < -0.3 is 26.2 Å². The number of carbonyl (C=O) groups excluding carboxylic acids is 3. The van der Waals surface area contributed by atoms with E-state index < -0.39 is 35.6 Å². The summed E-state index contributed by atoms with van der Waals surface area (Å²) in [5.74, 6) is -1.30. The van der Waals surface area contributed by atoms with Crippen LogP contribution in [0.4, 0.5) is 21.0 Å². The first-order valence-electron chi connectivity index (χ1n) is 10.8. The first-order chi connectivity index (χ1) is 16.9. The maximum atomic E-state index is 12.9. The fraction of sp³-hybridized carbons (Fsp3) is 0.200. The van der Waals surface area contributed by atoms with Crippen LogP contribution in [0.25, 0.3) is 10.4 Å². The minimum absolute atomic E-state index is 0.211. The summed E-state index contributed by atoms with van der Waals surface area (Å²) >= 11 is 1.51. The summed E-state index contributed by atoms with van der Waals surface area (Å²) in [6.45, 7) is 5.06. The van der Waals surface area contributed by atoms with Crippen LogP contribution in [-0.4, -0.2) is 34.7 Å². The van der Waals surface area contributed by atoms with Crippen LogP contribution < -0.4 is 21.7 Å². The molecule has 0 aliphatic rings. The van der Waals surface area contributed by atoms with Crippen LogP contribution in [0.15, 0.2) is 60.0 Å². The Morgan fingerprint density at radius 2 is 1.67 bits per heavy atom. The average molecular weight is 511 g/mol. The zero-order chi connectivity index (χ0) is 26.5. The highest BCUT2D eigenvalue weighted by molar-refractivity contribution is 7.13. The van der Waals surface area contributed by atoms with Gasteiger partial charge in [0.2, 0.25) is 5.91 Å². The number of anilines is 2. The Kier molecular flexibility index (Phi) is 7.95. The summed E-state index contributed by atoms with van der Waals surface area (Å²) in [5.41, 5.74) is 6.58. The van der Waals surface area contributed by atoms with E-state index in [2.05, 4.69) is 16.0 Å². The smallest absolute Gasteiger partial charge is 0.409 e. The van der Waals surface area contributed by atoms with E-state index in [9.17, 15) is 19.2 Å². The van der Waals surface area contributed by atoms with Gasteiger partial charge in [0.05, 0.1) is 11.4 Å². The third kappa shape index (κ3) is 7.06. The lowest BCUT2D eigenvalue weighted by Crippen LogP contribution is -2.40. The lowest BCUT2D eigenvalue weighted by molar-refractivity contribution is -0.120. The van der Waals surface area contributed by atoms with Gasteiger partial charge in [-0.25, -0.2) is 9.59 Å². The second-order valence-corrected chi connectivity index (χ2v) is 9.67. The Bertz CT molecular complexity index is 1270. The molecule has 2 aromatic carbocycles. The first kappa shape index (κ1) is 26.2. The van der Waals surface area contributed by atoms with Gasteiger partial charge in [0.25, 0.3) is 5.91 Å². The van der Waals surface area contributed by atoms with E-state index >= 15 is 0 Å². The normalized spacial score (nSPS) is 11.8. The molecule has 1 atom stereocenters. The zero-order valence-corrected chi connectivity index (χ0v) is 20.6. The number of carbonyl (C=O) groups is 4. The molecule has 6 N–H and O–H groups in total. The molecule has 0 radical (unpaired) electrons. The highest BCUT2D eigenvalue weighted by Gasteiger charge is 2.24. The van der Waals surface area contributed by atoms with Crippen LogP contribution in [0.1, 0.15) is 42.7 Å². The van der Waals surface area contributed by atoms with Gasteiger partial charge in [0, 0.05) is 10.4 Å². The number of ether oxygens (including phenoxy) is 1. The second kappa shape index (κ2) is 10.9. The summed E-state index contributed by atoms with van der Waals surface area (Å²) in [6, 6.07) is 13.5. The van der Waals surface area contributed by atoms with Gasteiger partial charge in [-0.15, -0.1) is 11.3 Å². The highest BCUT2D eigenvalue weighted by atomic mass is 32.1. The number of hydrogen-bond acceptors (Lipinski definition) is 6. The molecule has 0 spiro atoms. The fourth-order valence-corrected chi connectivity index (χ4v) is 3.96. The van der Waals surface area contributed by atoms with Crippen LogP contribution in [0, 0.1) is 0 Å². The molecule has 36 heavy (non-hydrogen) atoms. The van der Waals surface area contributed by atoms with Crippen LogP contribution in [-0.2, 0) is 9.53 Å². The lowest BCUT2D eigenvalue weighted by Gasteiger charge is -2.22. The molecule has 1 heterocycles. The van der Waals surface area contributed by atoms with E-state index in [1.54, 1.807) is 39.0 Å². The first-order valence-corrected chi connectivity index (χ1v) is 11.7.